The van der Waals surface area contributed by atoms with Gasteiger partial charge in [-0.25, -0.2) is 0 Å². The number of phenolic OH excluding ortho intramolecular Hbond substituents is 6. The SMILES string of the molecule is Cc1c(O)cc(O)c2c1Oc1c(O)cc(O)c(Oc3cc(O)cc(O)c3)c1O2. The minimum Gasteiger partial charge on any atom is -0.508 e. The quantitative estimate of drug-likeness (QED) is 0.301. The van der Waals surface area contributed by atoms with Crippen LogP contribution >= 0.6 is 0 Å². The van der Waals surface area contributed by atoms with Crippen LogP contribution in [0.4, 0.5) is 0 Å². The third-order valence-electron chi connectivity index (χ3n) is 4.09. The van der Waals surface area contributed by atoms with E-state index in [1.54, 1.807) is 0 Å². The van der Waals surface area contributed by atoms with Crippen LogP contribution in [0.25, 0.3) is 0 Å². The first kappa shape index (κ1) is 17.3. The lowest BCUT2D eigenvalue weighted by molar-refractivity contribution is 0.297. The van der Waals surface area contributed by atoms with Gasteiger partial charge in [-0.1, -0.05) is 0 Å². The van der Waals surface area contributed by atoms with E-state index in [9.17, 15) is 30.6 Å². The fraction of sp³-hybridized carbons (Fsp3) is 0.0526. The zero-order chi connectivity index (χ0) is 20.2. The second kappa shape index (κ2) is 5.95. The average molecular weight is 386 g/mol. The highest BCUT2D eigenvalue weighted by atomic mass is 16.6. The molecule has 0 radical (unpaired) electrons. The molecule has 0 amide bonds. The van der Waals surface area contributed by atoms with E-state index in [2.05, 4.69) is 0 Å². The molecule has 3 aromatic carbocycles. The Labute approximate surface area is 157 Å². The van der Waals surface area contributed by atoms with E-state index in [0.717, 1.165) is 18.2 Å². The van der Waals surface area contributed by atoms with Crippen molar-refractivity contribution in [3.8, 4) is 69.0 Å². The molecule has 0 saturated carbocycles. The number of benzene rings is 3. The van der Waals surface area contributed by atoms with Gasteiger partial charge in [-0.2, -0.15) is 0 Å². The molecule has 1 heterocycles. The molecule has 1 aliphatic heterocycles. The van der Waals surface area contributed by atoms with Crippen LogP contribution in [-0.2, 0) is 0 Å². The van der Waals surface area contributed by atoms with Gasteiger partial charge in [0.2, 0.25) is 23.0 Å². The maximum atomic E-state index is 10.2. The highest BCUT2D eigenvalue weighted by molar-refractivity contribution is 5.73. The van der Waals surface area contributed by atoms with Gasteiger partial charge in [0, 0.05) is 35.9 Å². The molecule has 144 valence electrons. The predicted molar refractivity (Wildman–Crippen MR) is 94.3 cm³/mol. The van der Waals surface area contributed by atoms with Crippen LogP contribution in [-0.4, -0.2) is 30.6 Å². The van der Waals surface area contributed by atoms with E-state index in [1.807, 2.05) is 0 Å². The molecule has 6 N–H and O–H groups in total. The highest BCUT2D eigenvalue weighted by Gasteiger charge is 2.33. The molecule has 9 heteroatoms. The summed E-state index contributed by atoms with van der Waals surface area (Å²) < 4.78 is 16.7. The topological polar surface area (TPSA) is 149 Å². The van der Waals surface area contributed by atoms with Crippen molar-refractivity contribution in [2.45, 2.75) is 6.92 Å². The molecule has 0 unspecified atom stereocenters. The monoisotopic (exact) mass is 386 g/mol. The first-order valence-electron chi connectivity index (χ1n) is 7.95. The largest absolute Gasteiger partial charge is 0.508 e. The first-order chi connectivity index (χ1) is 13.2. The van der Waals surface area contributed by atoms with E-state index < -0.39 is 17.2 Å². The molecule has 0 fully saturated rings. The predicted octanol–water partition coefficient (Wildman–Crippen LogP) is 3.92. The van der Waals surface area contributed by atoms with E-state index in [0.29, 0.717) is 0 Å². The van der Waals surface area contributed by atoms with Crippen LogP contribution in [0, 0.1) is 6.92 Å². The van der Waals surface area contributed by atoms with Gasteiger partial charge in [-0.05, 0) is 6.92 Å². The Morgan fingerprint density at radius 3 is 1.79 bits per heavy atom. The summed E-state index contributed by atoms with van der Waals surface area (Å²) >= 11 is 0. The highest BCUT2D eigenvalue weighted by Crippen LogP contribution is 2.61. The maximum absolute atomic E-state index is 10.2. The van der Waals surface area contributed by atoms with Crippen molar-refractivity contribution in [1.29, 1.82) is 0 Å². The fourth-order valence-electron chi connectivity index (χ4n) is 2.76. The zero-order valence-corrected chi connectivity index (χ0v) is 14.3. The molecule has 0 spiro atoms. The lowest BCUT2D eigenvalue weighted by Gasteiger charge is -2.25. The zero-order valence-electron chi connectivity index (χ0n) is 14.3. The lowest BCUT2D eigenvalue weighted by Crippen LogP contribution is -2.03. The van der Waals surface area contributed by atoms with Crippen molar-refractivity contribution >= 4 is 0 Å². The van der Waals surface area contributed by atoms with Crippen molar-refractivity contribution in [3.05, 3.63) is 35.9 Å². The molecular formula is C19H14O9. The molecule has 1 aliphatic rings. The number of aromatic hydroxyl groups is 6. The molecular weight excluding hydrogens is 372 g/mol. The standard InChI is InChI=1S/C19H14O9/c1-7-11(22)5-12(23)16-15(7)27-18-14(25)6-13(24)17(19(18)28-16)26-10-3-8(20)2-9(21)4-10/h2-6,20-25H,1H3. The molecule has 9 nitrogen and oxygen atoms in total. The number of phenols is 6. The molecule has 0 aliphatic carbocycles. The van der Waals surface area contributed by atoms with Gasteiger partial charge in [0.25, 0.3) is 0 Å². The summed E-state index contributed by atoms with van der Waals surface area (Å²) in [5.74, 6) is -3.25. The number of hydrogen-bond acceptors (Lipinski definition) is 9. The lowest BCUT2D eigenvalue weighted by atomic mass is 10.1. The summed E-state index contributed by atoms with van der Waals surface area (Å²) in [6.45, 7) is 1.52. The van der Waals surface area contributed by atoms with Crippen LogP contribution in [0.3, 0.4) is 0 Å². The summed E-state index contributed by atoms with van der Waals surface area (Å²) in [5.41, 5.74) is 0.256. The summed E-state index contributed by atoms with van der Waals surface area (Å²) in [4.78, 5) is 0. The van der Waals surface area contributed by atoms with E-state index >= 15 is 0 Å². The Kier molecular flexibility index (Phi) is 3.67. The van der Waals surface area contributed by atoms with E-state index in [1.165, 1.54) is 19.1 Å². The Morgan fingerprint density at radius 1 is 0.607 bits per heavy atom. The van der Waals surface area contributed by atoms with Gasteiger partial charge < -0.3 is 44.8 Å². The minimum atomic E-state index is -0.527. The van der Waals surface area contributed by atoms with Crippen molar-refractivity contribution in [2.75, 3.05) is 0 Å². The minimum absolute atomic E-state index is 0.0214. The smallest absolute Gasteiger partial charge is 0.220 e. The van der Waals surface area contributed by atoms with Crippen LogP contribution in [0.1, 0.15) is 5.56 Å². The molecule has 0 aromatic heterocycles. The Morgan fingerprint density at radius 2 is 1.14 bits per heavy atom. The summed E-state index contributed by atoms with van der Waals surface area (Å²) in [6, 6.07) is 5.44. The Bertz CT molecular complexity index is 1100. The van der Waals surface area contributed by atoms with E-state index in [-0.39, 0.29) is 57.3 Å². The van der Waals surface area contributed by atoms with Crippen molar-refractivity contribution in [1.82, 2.24) is 0 Å². The van der Waals surface area contributed by atoms with Gasteiger partial charge in [-0.15, -0.1) is 0 Å². The van der Waals surface area contributed by atoms with E-state index in [4.69, 9.17) is 14.2 Å². The fourth-order valence-corrected chi connectivity index (χ4v) is 2.76. The second-order valence-electron chi connectivity index (χ2n) is 6.09. The van der Waals surface area contributed by atoms with Gasteiger partial charge in [0.1, 0.15) is 23.0 Å². The average Bonchev–Trinajstić information content (AvgIpc) is 2.61. The van der Waals surface area contributed by atoms with Crippen molar-refractivity contribution < 1.29 is 44.8 Å². The third kappa shape index (κ3) is 2.65. The normalized spacial score (nSPS) is 11.8. The second-order valence-corrected chi connectivity index (χ2v) is 6.09. The van der Waals surface area contributed by atoms with Crippen LogP contribution in [0.15, 0.2) is 30.3 Å². The molecule has 0 saturated heterocycles. The summed E-state index contributed by atoms with van der Waals surface area (Å²) in [7, 11) is 0. The number of hydrogen-bond donors (Lipinski definition) is 6. The van der Waals surface area contributed by atoms with Crippen LogP contribution in [0.2, 0.25) is 0 Å². The number of fused-ring (bicyclic) bond motifs is 2. The molecule has 3 aromatic rings. The number of ether oxygens (including phenoxy) is 3. The van der Waals surface area contributed by atoms with Crippen LogP contribution < -0.4 is 14.2 Å². The van der Waals surface area contributed by atoms with Gasteiger partial charge in [0.05, 0.1) is 0 Å². The summed E-state index contributed by atoms with van der Waals surface area (Å²) in [6.07, 6.45) is 0. The first-order valence-corrected chi connectivity index (χ1v) is 7.95. The molecule has 28 heavy (non-hydrogen) atoms. The van der Waals surface area contributed by atoms with Crippen molar-refractivity contribution in [2.24, 2.45) is 0 Å². The van der Waals surface area contributed by atoms with Crippen molar-refractivity contribution in [3.63, 3.8) is 0 Å². The van der Waals surface area contributed by atoms with Gasteiger partial charge in [0.15, 0.2) is 23.0 Å². The maximum Gasteiger partial charge on any atom is 0.220 e. The van der Waals surface area contributed by atoms with Crippen LogP contribution in [0.5, 0.6) is 69.0 Å². The van der Waals surface area contributed by atoms with Gasteiger partial charge in [-0.3, -0.25) is 0 Å². The molecule has 4 rings (SSSR count). The molecule has 0 atom stereocenters. The number of rotatable bonds is 2. The Balaban J connectivity index is 1.86. The Hall–Kier alpha value is -4.14. The molecule has 0 bridgehead atoms. The van der Waals surface area contributed by atoms with Gasteiger partial charge >= 0.3 is 0 Å². The third-order valence-corrected chi connectivity index (χ3v) is 4.09. The summed E-state index contributed by atoms with van der Waals surface area (Å²) in [5, 5.41) is 59.5.